The predicted octanol–water partition coefficient (Wildman–Crippen LogP) is 5.06. The van der Waals surface area contributed by atoms with Crippen molar-refractivity contribution < 1.29 is 74.8 Å². The van der Waals surface area contributed by atoms with Gasteiger partial charge in [-0.1, -0.05) is 13.2 Å². The van der Waals surface area contributed by atoms with E-state index in [9.17, 15) is 9.59 Å². The van der Waals surface area contributed by atoms with Crippen molar-refractivity contribution in [2.24, 2.45) is 0 Å². The van der Waals surface area contributed by atoms with Crippen molar-refractivity contribution in [3.05, 3.63) is 48.6 Å². The molecule has 0 bridgehead atoms. The Morgan fingerprint density at radius 2 is 0.719 bits per heavy atom. The summed E-state index contributed by atoms with van der Waals surface area (Å²) in [7, 11) is -5.44. The average molecular weight is 835 g/mol. The quantitative estimate of drug-likeness (QED) is 0.0488. The highest BCUT2D eigenvalue weighted by Crippen LogP contribution is 2.60. The number of carbonyl (C=O) groups is 2. The summed E-state index contributed by atoms with van der Waals surface area (Å²) in [4.78, 5) is 20.8. The monoisotopic (exact) mass is 834 g/mol. The van der Waals surface area contributed by atoms with Crippen LogP contribution in [0.2, 0.25) is 0 Å². The maximum absolute atomic E-state index is 16.8. The first-order chi connectivity index (χ1) is 27.0. The largest absolute Gasteiger partial charge is 0.449 e. The molecule has 0 N–H and O–H groups in total. The highest BCUT2D eigenvalue weighted by atomic mass is 32.2. The minimum Gasteiger partial charge on any atom is -0.449 e. The third-order valence-electron chi connectivity index (χ3n) is 9.07. The molecule has 16 nitrogen and oxygen atoms in total. The standard InChI is InChI=1S/C40H66O16S/c1-15-45-35(27-25-31(55-33(41)29(11)12)37(47-17-3,48-18-4)39(35,51-21-7)52-22-8)57(43,44)36(46-16-2)28-26-32(56-34(42)30(13)14)38(49-19-5,50-20-6)40(36,53-23-9)54-24-10/h25-28,31-32H,11,13,15-24H2,1-10,12,14H3. The molecule has 57 heavy (non-hydrogen) atoms. The van der Waals surface area contributed by atoms with Crippen molar-refractivity contribution in [3.8, 4) is 0 Å². The lowest BCUT2D eigenvalue weighted by Crippen LogP contribution is -2.85. The van der Waals surface area contributed by atoms with E-state index in [1.165, 1.54) is 26.0 Å². The molecule has 0 fully saturated rings. The van der Waals surface area contributed by atoms with Crippen molar-refractivity contribution in [2.45, 2.75) is 128 Å². The molecule has 2 aliphatic rings. The van der Waals surface area contributed by atoms with E-state index in [4.69, 9.17) is 56.8 Å². The highest BCUT2D eigenvalue weighted by Gasteiger charge is 2.86. The number of esters is 2. The molecule has 2 aliphatic carbocycles. The van der Waals surface area contributed by atoms with Crippen LogP contribution >= 0.6 is 0 Å². The van der Waals surface area contributed by atoms with E-state index in [-0.39, 0.29) is 77.2 Å². The first kappa shape index (κ1) is 50.6. The Morgan fingerprint density at radius 3 is 0.930 bits per heavy atom. The zero-order valence-electron chi connectivity index (χ0n) is 35.9. The molecule has 4 atom stereocenters. The molecule has 0 spiro atoms. The Kier molecular flexibility index (Phi) is 18.7. The maximum Gasteiger partial charge on any atom is 0.333 e. The van der Waals surface area contributed by atoms with Crippen molar-refractivity contribution in [3.63, 3.8) is 0 Å². The summed E-state index contributed by atoms with van der Waals surface area (Å²) >= 11 is 0. The van der Waals surface area contributed by atoms with E-state index in [1.54, 1.807) is 69.2 Å². The number of sulfone groups is 1. The van der Waals surface area contributed by atoms with Gasteiger partial charge in [0.2, 0.25) is 9.84 Å². The summed E-state index contributed by atoms with van der Waals surface area (Å²) in [5, 5.41) is 0. The minimum absolute atomic E-state index is 0.0453. The van der Waals surface area contributed by atoms with Gasteiger partial charge in [-0.2, -0.15) is 0 Å². The summed E-state index contributed by atoms with van der Waals surface area (Å²) in [5.41, 5.74) is 0.0906. The van der Waals surface area contributed by atoms with Crippen LogP contribution in [0.1, 0.15) is 83.1 Å². The summed E-state index contributed by atoms with van der Waals surface area (Å²) in [6, 6.07) is 0. The summed E-state index contributed by atoms with van der Waals surface area (Å²) in [5.74, 6) is -11.8. The molecule has 0 heterocycles. The fraction of sp³-hybridized carbons (Fsp3) is 0.750. The second-order valence-corrected chi connectivity index (χ2v) is 14.9. The number of hydrogen-bond donors (Lipinski definition) is 0. The molecular formula is C40H66O16S. The number of carbonyl (C=O) groups excluding carboxylic acids is 2. The summed E-state index contributed by atoms with van der Waals surface area (Å²) in [6.45, 7) is 24.6. The number of rotatable bonds is 26. The van der Waals surface area contributed by atoms with Crippen molar-refractivity contribution in [1.29, 1.82) is 0 Å². The van der Waals surface area contributed by atoms with Gasteiger partial charge in [0, 0.05) is 77.2 Å². The Morgan fingerprint density at radius 1 is 0.474 bits per heavy atom. The molecule has 0 aliphatic heterocycles. The second kappa shape index (κ2) is 21.1. The highest BCUT2D eigenvalue weighted by molar-refractivity contribution is 7.94. The second-order valence-electron chi connectivity index (χ2n) is 12.7. The third-order valence-corrected chi connectivity index (χ3v) is 11.7. The van der Waals surface area contributed by atoms with Crippen LogP contribution in [0.15, 0.2) is 48.6 Å². The van der Waals surface area contributed by atoms with Gasteiger partial charge in [-0.3, -0.25) is 0 Å². The Labute approximate surface area is 339 Å². The fourth-order valence-corrected chi connectivity index (χ4v) is 10.1. The van der Waals surface area contributed by atoms with Gasteiger partial charge in [0.1, 0.15) is 0 Å². The minimum atomic E-state index is -5.44. The zero-order valence-corrected chi connectivity index (χ0v) is 36.7. The van der Waals surface area contributed by atoms with Gasteiger partial charge in [0.25, 0.3) is 33.0 Å². The molecule has 0 aromatic heterocycles. The van der Waals surface area contributed by atoms with Crippen LogP contribution in [-0.2, 0) is 76.3 Å². The van der Waals surface area contributed by atoms with Gasteiger partial charge in [0.15, 0.2) is 12.2 Å². The molecule has 0 aromatic rings. The number of ether oxygens (including phenoxy) is 12. The third kappa shape index (κ3) is 8.19. The molecule has 0 saturated heterocycles. The first-order valence-electron chi connectivity index (χ1n) is 19.7. The van der Waals surface area contributed by atoms with Gasteiger partial charge < -0.3 is 56.8 Å². The summed E-state index contributed by atoms with van der Waals surface area (Å²) < 4.78 is 111. The molecule has 17 heteroatoms. The van der Waals surface area contributed by atoms with Gasteiger partial charge in [-0.25, -0.2) is 18.0 Å². The molecule has 4 unspecified atom stereocenters. The normalized spacial score (nSPS) is 25.8. The predicted molar refractivity (Wildman–Crippen MR) is 209 cm³/mol. The van der Waals surface area contributed by atoms with Gasteiger partial charge >= 0.3 is 11.9 Å². The topological polar surface area (TPSA) is 179 Å². The van der Waals surface area contributed by atoms with E-state index in [0.29, 0.717) is 0 Å². The summed E-state index contributed by atoms with van der Waals surface area (Å²) in [6.07, 6.45) is 1.87. The molecular weight excluding hydrogens is 768 g/mol. The van der Waals surface area contributed by atoms with E-state index in [2.05, 4.69) is 13.2 Å². The van der Waals surface area contributed by atoms with E-state index < -0.39 is 67.0 Å². The van der Waals surface area contributed by atoms with Crippen LogP contribution in [0.4, 0.5) is 0 Å². The van der Waals surface area contributed by atoms with Crippen LogP contribution in [0.5, 0.6) is 0 Å². The first-order valence-corrected chi connectivity index (χ1v) is 21.2. The maximum atomic E-state index is 16.8. The van der Waals surface area contributed by atoms with Crippen LogP contribution in [0, 0.1) is 0 Å². The zero-order chi connectivity index (χ0) is 43.3. The smallest absolute Gasteiger partial charge is 0.333 e. The lowest BCUT2D eigenvalue weighted by atomic mass is 9.85. The molecule has 0 aromatic carbocycles. The Bertz CT molecular complexity index is 1410. The molecule has 0 saturated carbocycles. The van der Waals surface area contributed by atoms with Crippen LogP contribution in [0.25, 0.3) is 0 Å². The van der Waals surface area contributed by atoms with Gasteiger partial charge in [-0.15, -0.1) is 0 Å². The SMILES string of the molecule is C=C(C)C(=O)OC1C=CC(OCC)(S(=O)(=O)C2(OCC)C=CC(OC(=O)C(=C)C)C(OCC)(OCC)C2(OCC)OCC)C(OCC)(OCC)C1(OCC)OCC. The van der Waals surface area contributed by atoms with Crippen molar-refractivity contribution >= 4 is 21.8 Å². The van der Waals surface area contributed by atoms with Crippen LogP contribution < -0.4 is 0 Å². The van der Waals surface area contributed by atoms with Gasteiger partial charge in [0.05, 0.1) is 0 Å². The lowest BCUT2D eigenvalue weighted by Gasteiger charge is -2.62. The lowest BCUT2D eigenvalue weighted by molar-refractivity contribution is -0.459. The van der Waals surface area contributed by atoms with Gasteiger partial charge in [-0.05, 0) is 107 Å². The average Bonchev–Trinajstić information content (AvgIpc) is 3.15. The fourth-order valence-electron chi connectivity index (χ4n) is 7.41. The van der Waals surface area contributed by atoms with E-state index in [0.717, 1.165) is 12.2 Å². The van der Waals surface area contributed by atoms with E-state index in [1.807, 2.05) is 0 Å². The van der Waals surface area contributed by atoms with Crippen molar-refractivity contribution in [1.82, 2.24) is 0 Å². The Hall–Kier alpha value is -2.55. The van der Waals surface area contributed by atoms with Crippen molar-refractivity contribution in [2.75, 3.05) is 66.1 Å². The Balaban J connectivity index is 3.55. The van der Waals surface area contributed by atoms with Crippen LogP contribution in [0.3, 0.4) is 0 Å². The molecule has 0 amide bonds. The van der Waals surface area contributed by atoms with Crippen LogP contribution in [-0.4, -0.2) is 132 Å². The molecule has 0 radical (unpaired) electrons. The number of hydrogen-bond acceptors (Lipinski definition) is 16. The van der Waals surface area contributed by atoms with E-state index >= 15 is 8.42 Å². The molecule has 328 valence electrons. The molecule has 2 rings (SSSR count).